The van der Waals surface area contributed by atoms with Gasteiger partial charge in [-0.15, -0.1) is 0 Å². The van der Waals surface area contributed by atoms with E-state index < -0.39 is 11.9 Å². The van der Waals surface area contributed by atoms with E-state index in [-0.39, 0.29) is 6.61 Å². The summed E-state index contributed by atoms with van der Waals surface area (Å²) in [7, 11) is 1.50. The number of rotatable bonds is 5. The van der Waals surface area contributed by atoms with E-state index in [0.717, 1.165) is 12.2 Å². The minimum Gasteiger partial charge on any atom is -0.495 e. The molecule has 0 aliphatic rings. The highest BCUT2D eigenvalue weighted by Gasteiger charge is 2.04. The van der Waals surface area contributed by atoms with Crippen LogP contribution in [0.1, 0.15) is 6.92 Å². The van der Waals surface area contributed by atoms with Crippen LogP contribution in [-0.2, 0) is 14.3 Å². The monoisotopic (exact) mass is 283 g/mol. The first-order valence-electron chi connectivity index (χ1n) is 5.56. The van der Waals surface area contributed by atoms with E-state index in [1.54, 1.807) is 25.1 Å². The van der Waals surface area contributed by atoms with Crippen molar-refractivity contribution in [3.63, 3.8) is 0 Å². The fraction of sp³-hybridized carbons (Fsp3) is 0.231. The van der Waals surface area contributed by atoms with Gasteiger partial charge in [0.1, 0.15) is 5.75 Å². The summed E-state index contributed by atoms with van der Waals surface area (Å²) in [6.07, 6.45) is 2.15. The van der Waals surface area contributed by atoms with E-state index >= 15 is 0 Å². The minimum atomic E-state index is -0.564. The number of anilines is 1. The maximum Gasteiger partial charge on any atom is 0.330 e. The number of hydrogen-bond acceptors (Lipinski definition) is 4. The number of esters is 1. The summed E-state index contributed by atoms with van der Waals surface area (Å²) >= 11 is 5.91. The number of carbonyl (C=O) groups excluding carboxylic acids is 2. The molecule has 0 saturated heterocycles. The SMILES string of the molecule is CCOC(=O)C=CC(=O)Nc1ccc(OC)c(Cl)c1. The average Bonchev–Trinajstić information content (AvgIpc) is 2.37. The average molecular weight is 284 g/mol. The van der Waals surface area contributed by atoms with Crippen LogP contribution in [0.15, 0.2) is 30.4 Å². The van der Waals surface area contributed by atoms with Gasteiger partial charge in [-0.05, 0) is 25.1 Å². The first kappa shape index (κ1) is 15.0. The summed E-state index contributed by atoms with van der Waals surface area (Å²) in [5.41, 5.74) is 0.504. The summed E-state index contributed by atoms with van der Waals surface area (Å²) in [6.45, 7) is 1.95. The van der Waals surface area contributed by atoms with Gasteiger partial charge < -0.3 is 14.8 Å². The van der Waals surface area contributed by atoms with Crippen LogP contribution in [0.4, 0.5) is 5.69 Å². The van der Waals surface area contributed by atoms with Gasteiger partial charge in [-0.25, -0.2) is 4.79 Å². The second-order valence-electron chi connectivity index (χ2n) is 3.42. The lowest BCUT2D eigenvalue weighted by molar-refractivity contribution is -0.137. The van der Waals surface area contributed by atoms with Crippen LogP contribution < -0.4 is 10.1 Å². The second-order valence-corrected chi connectivity index (χ2v) is 3.83. The highest BCUT2D eigenvalue weighted by Crippen LogP contribution is 2.27. The molecule has 1 N–H and O–H groups in total. The Morgan fingerprint density at radius 1 is 1.37 bits per heavy atom. The molecule has 0 aliphatic heterocycles. The molecule has 5 nitrogen and oxygen atoms in total. The van der Waals surface area contributed by atoms with E-state index in [2.05, 4.69) is 10.1 Å². The van der Waals surface area contributed by atoms with E-state index in [1.807, 2.05) is 0 Å². The predicted molar refractivity (Wildman–Crippen MR) is 72.4 cm³/mol. The summed E-state index contributed by atoms with van der Waals surface area (Å²) in [5.74, 6) is -0.499. The zero-order chi connectivity index (χ0) is 14.3. The molecule has 0 atom stereocenters. The Morgan fingerprint density at radius 3 is 2.68 bits per heavy atom. The van der Waals surface area contributed by atoms with Crippen molar-refractivity contribution in [2.45, 2.75) is 6.92 Å². The number of nitrogens with one attached hydrogen (secondary N) is 1. The summed E-state index contributed by atoms with van der Waals surface area (Å²) < 4.78 is 9.64. The minimum absolute atomic E-state index is 0.263. The Hall–Kier alpha value is -2.01. The van der Waals surface area contributed by atoms with E-state index in [4.69, 9.17) is 16.3 Å². The molecule has 0 unspecified atom stereocenters. The van der Waals surface area contributed by atoms with Crippen molar-refractivity contribution in [2.75, 3.05) is 19.0 Å². The fourth-order valence-corrected chi connectivity index (χ4v) is 1.52. The highest BCUT2D eigenvalue weighted by atomic mass is 35.5. The molecule has 0 heterocycles. The zero-order valence-electron chi connectivity index (χ0n) is 10.6. The molecule has 0 fully saturated rings. The maximum atomic E-state index is 11.5. The molecule has 0 aromatic heterocycles. The molecular formula is C13H14ClNO4. The zero-order valence-corrected chi connectivity index (χ0v) is 11.4. The smallest absolute Gasteiger partial charge is 0.330 e. The van der Waals surface area contributed by atoms with E-state index in [0.29, 0.717) is 16.5 Å². The number of ether oxygens (including phenoxy) is 2. The third-order valence-electron chi connectivity index (χ3n) is 2.08. The van der Waals surface area contributed by atoms with Crippen LogP contribution in [0.3, 0.4) is 0 Å². The molecule has 19 heavy (non-hydrogen) atoms. The van der Waals surface area contributed by atoms with E-state index in [1.165, 1.54) is 7.11 Å². The van der Waals surface area contributed by atoms with Crippen molar-refractivity contribution in [1.82, 2.24) is 0 Å². The topological polar surface area (TPSA) is 64.6 Å². The molecule has 0 radical (unpaired) electrons. The maximum absolute atomic E-state index is 11.5. The van der Waals surface area contributed by atoms with Gasteiger partial charge in [-0.3, -0.25) is 4.79 Å². The van der Waals surface area contributed by atoms with Crippen molar-refractivity contribution in [3.05, 3.63) is 35.4 Å². The summed E-state index contributed by atoms with van der Waals surface area (Å²) in [5, 5.41) is 2.94. The quantitative estimate of drug-likeness (QED) is 0.666. The molecule has 1 rings (SSSR count). The Balaban J connectivity index is 2.62. The molecule has 1 aromatic carbocycles. The normalized spacial score (nSPS) is 10.3. The fourth-order valence-electron chi connectivity index (χ4n) is 1.26. The van der Waals surface area contributed by atoms with Gasteiger partial charge in [0.2, 0.25) is 5.91 Å². The molecule has 0 saturated carbocycles. The van der Waals surface area contributed by atoms with Crippen molar-refractivity contribution in [2.24, 2.45) is 0 Å². The van der Waals surface area contributed by atoms with Gasteiger partial charge in [0.25, 0.3) is 0 Å². The van der Waals surface area contributed by atoms with Crippen LogP contribution >= 0.6 is 11.6 Å². The number of hydrogen-bond donors (Lipinski definition) is 1. The molecule has 6 heteroatoms. The molecule has 1 amide bonds. The largest absolute Gasteiger partial charge is 0.495 e. The lowest BCUT2D eigenvalue weighted by atomic mass is 10.3. The van der Waals surface area contributed by atoms with Crippen molar-refractivity contribution < 1.29 is 19.1 Å². The number of benzene rings is 1. The molecule has 0 aliphatic carbocycles. The highest BCUT2D eigenvalue weighted by molar-refractivity contribution is 6.32. The van der Waals surface area contributed by atoms with Gasteiger partial charge >= 0.3 is 5.97 Å². The molecule has 102 valence electrons. The Labute approximate surface area is 116 Å². The van der Waals surface area contributed by atoms with Gasteiger partial charge in [0.05, 0.1) is 18.7 Å². The van der Waals surface area contributed by atoms with Crippen molar-refractivity contribution >= 4 is 29.2 Å². The van der Waals surface area contributed by atoms with Gasteiger partial charge in [-0.1, -0.05) is 11.6 Å². The molecule has 0 spiro atoms. The van der Waals surface area contributed by atoms with E-state index in [9.17, 15) is 9.59 Å². The second kappa shape index (κ2) is 7.43. The first-order chi connectivity index (χ1) is 9.06. The van der Waals surface area contributed by atoms with Crippen LogP contribution in [0, 0.1) is 0 Å². The number of amides is 1. The van der Waals surface area contributed by atoms with Gasteiger partial charge in [-0.2, -0.15) is 0 Å². The first-order valence-corrected chi connectivity index (χ1v) is 5.94. The molecule has 1 aromatic rings. The Kier molecular flexibility index (Phi) is 5.89. The Bertz CT molecular complexity index is 499. The number of halogens is 1. The lowest BCUT2D eigenvalue weighted by Crippen LogP contribution is -2.09. The van der Waals surface area contributed by atoms with Crippen LogP contribution in [0.25, 0.3) is 0 Å². The van der Waals surface area contributed by atoms with Crippen LogP contribution in [-0.4, -0.2) is 25.6 Å². The number of carbonyl (C=O) groups is 2. The van der Waals surface area contributed by atoms with Crippen molar-refractivity contribution in [3.8, 4) is 5.75 Å². The third kappa shape index (κ3) is 5.01. The summed E-state index contributed by atoms with van der Waals surface area (Å²) in [6, 6.07) is 4.82. The van der Waals surface area contributed by atoms with Crippen molar-refractivity contribution in [1.29, 1.82) is 0 Å². The van der Waals surface area contributed by atoms with Gasteiger partial charge in [0, 0.05) is 17.8 Å². The lowest BCUT2D eigenvalue weighted by Gasteiger charge is -2.06. The van der Waals surface area contributed by atoms with Crippen LogP contribution in [0.5, 0.6) is 5.75 Å². The predicted octanol–water partition coefficient (Wildman–Crippen LogP) is 2.41. The van der Waals surface area contributed by atoms with Gasteiger partial charge in [0.15, 0.2) is 0 Å². The summed E-state index contributed by atoms with van der Waals surface area (Å²) in [4.78, 5) is 22.5. The molecule has 0 bridgehead atoms. The number of methoxy groups -OCH3 is 1. The Morgan fingerprint density at radius 2 is 2.11 bits per heavy atom. The molecular weight excluding hydrogens is 270 g/mol. The third-order valence-corrected chi connectivity index (χ3v) is 2.37. The standard InChI is InChI=1S/C13H14ClNO4/c1-3-19-13(17)7-6-12(16)15-9-4-5-11(18-2)10(14)8-9/h4-8H,3H2,1-2H3,(H,15,16). The van der Waals surface area contributed by atoms with Crippen LogP contribution in [0.2, 0.25) is 5.02 Å².